The van der Waals surface area contributed by atoms with Crippen molar-refractivity contribution in [2.75, 3.05) is 6.61 Å². The second kappa shape index (κ2) is 7.14. The lowest BCUT2D eigenvalue weighted by molar-refractivity contribution is 0.303. The molecular formula is C20H17ClN6O2. The molecule has 5 rings (SSSR count). The Hall–Kier alpha value is -3.52. The van der Waals surface area contributed by atoms with Gasteiger partial charge in [-0.25, -0.2) is 14.8 Å². The number of fused-ring (bicyclic) bond motifs is 2. The lowest BCUT2D eigenvalue weighted by atomic mass is 10.2. The molecule has 0 aliphatic carbocycles. The van der Waals surface area contributed by atoms with E-state index in [0.29, 0.717) is 28.7 Å². The zero-order valence-electron chi connectivity index (χ0n) is 15.3. The van der Waals surface area contributed by atoms with Gasteiger partial charge in [0.15, 0.2) is 0 Å². The third-order valence-electron chi connectivity index (χ3n) is 4.69. The Morgan fingerprint density at radius 3 is 2.76 bits per heavy atom. The Morgan fingerprint density at radius 2 is 1.93 bits per heavy atom. The molecule has 0 saturated carbocycles. The summed E-state index contributed by atoms with van der Waals surface area (Å²) < 4.78 is 8.02. The fourth-order valence-electron chi connectivity index (χ4n) is 3.33. The normalized spacial score (nSPS) is 11.5. The number of aryl methyl sites for hydroxylation is 1. The molecule has 0 radical (unpaired) electrons. The summed E-state index contributed by atoms with van der Waals surface area (Å²) in [6, 6.07) is 9.17. The van der Waals surface area contributed by atoms with Crippen molar-refractivity contribution >= 4 is 33.7 Å². The van der Waals surface area contributed by atoms with Crippen LogP contribution in [-0.4, -0.2) is 36.1 Å². The Balaban J connectivity index is 1.43. The van der Waals surface area contributed by atoms with E-state index in [9.17, 15) is 4.79 Å². The molecule has 0 bridgehead atoms. The number of H-pyrrole nitrogens is 3. The maximum atomic E-state index is 11.5. The molecule has 0 unspecified atom stereocenters. The number of nitrogens with zero attached hydrogens (tertiary/aromatic N) is 3. The third kappa shape index (κ3) is 3.50. The van der Waals surface area contributed by atoms with Crippen LogP contribution in [0.15, 0.2) is 53.8 Å². The molecule has 2 aromatic carbocycles. The Bertz CT molecular complexity index is 1290. The largest absolute Gasteiger partial charge is 0.493 e. The maximum absolute atomic E-state index is 11.5. The quantitative estimate of drug-likeness (QED) is 0.372. The lowest BCUT2D eigenvalue weighted by Crippen LogP contribution is -2.04. The molecule has 3 aromatic heterocycles. The van der Waals surface area contributed by atoms with Crippen LogP contribution in [0.25, 0.3) is 33.5 Å². The molecule has 0 aliphatic rings. The summed E-state index contributed by atoms with van der Waals surface area (Å²) in [5.41, 5.74) is 3.53. The molecule has 5 aromatic rings. The number of nitrogens with one attached hydrogen (secondary N) is 3. The summed E-state index contributed by atoms with van der Waals surface area (Å²) in [7, 11) is 0. The number of imidazole rings is 3. The van der Waals surface area contributed by atoms with Crippen LogP contribution in [0, 0.1) is 0 Å². The van der Waals surface area contributed by atoms with Crippen LogP contribution < -0.4 is 10.4 Å². The number of aromatic amines is 3. The second-order valence-corrected chi connectivity index (χ2v) is 7.16. The average molecular weight is 409 g/mol. The predicted octanol–water partition coefficient (Wildman–Crippen LogP) is 3.72. The number of hydrogen-bond acceptors (Lipinski definition) is 4. The van der Waals surface area contributed by atoms with Gasteiger partial charge in [0, 0.05) is 24.0 Å². The van der Waals surface area contributed by atoms with Crippen molar-refractivity contribution in [3.63, 3.8) is 0 Å². The summed E-state index contributed by atoms with van der Waals surface area (Å²) in [5, 5.41) is 0.600. The highest BCUT2D eigenvalue weighted by Gasteiger charge is 2.13. The molecule has 3 heterocycles. The van der Waals surface area contributed by atoms with E-state index in [1.165, 1.54) is 0 Å². The standard InChI is InChI=1S/C20H17ClN6O2/c21-12-2-3-18(29-7-1-5-27-6-4-22-11-27)13(8-12)19-23-14-9-16-17(10-15(14)24-19)26-20(28)25-16/h2-4,6,8-11H,1,5,7H2,(H,23,24)(H2,25,26,28). The van der Waals surface area contributed by atoms with E-state index in [0.717, 1.165) is 35.1 Å². The smallest absolute Gasteiger partial charge is 0.323 e. The zero-order chi connectivity index (χ0) is 19.8. The van der Waals surface area contributed by atoms with E-state index in [1.54, 1.807) is 18.6 Å². The first-order valence-corrected chi connectivity index (χ1v) is 9.54. The van der Waals surface area contributed by atoms with Crippen LogP contribution in [0.5, 0.6) is 5.75 Å². The van der Waals surface area contributed by atoms with Crippen molar-refractivity contribution in [3.8, 4) is 17.1 Å². The van der Waals surface area contributed by atoms with Crippen molar-refractivity contribution in [3.05, 3.63) is 64.6 Å². The minimum absolute atomic E-state index is 0.242. The second-order valence-electron chi connectivity index (χ2n) is 6.72. The SMILES string of the molecule is O=c1[nH]c2cc3nc(-c4cc(Cl)ccc4OCCCn4ccnc4)[nH]c3cc2[nH]1. The molecular weight excluding hydrogens is 392 g/mol. The fourth-order valence-corrected chi connectivity index (χ4v) is 3.50. The van der Waals surface area contributed by atoms with E-state index in [1.807, 2.05) is 35.0 Å². The van der Waals surface area contributed by atoms with Gasteiger partial charge in [0.1, 0.15) is 11.6 Å². The number of benzene rings is 2. The molecule has 0 amide bonds. The molecule has 9 heteroatoms. The molecule has 3 N–H and O–H groups in total. The van der Waals surface area contributed by atoms with Crippen molar-refractivity contribution in [2.24, 2.45) is 0 Å². The summed E-state index contributed by atoms with van der Waals surface area (Å²) in [4.78, 5) is 29.0. The van der Waals surface area contributed by atoms with Crippen LogP contribution in [0.3, 0.4) is 0 Å². The zero-order valence-corrected chi connectivity index (χ0v) is 16.0. The lowest BCUT2D eigenvalue weighted by Gasteiger charge is -2.11. The average Bonchev–Trinajstić information content (AvgIpc) is 3.42. The van der Waals surface area contributed by atoms with Crippen molar-refractivity contribution in [2.45, 2.75) is 13.0 Å². The summed E-state index contributed by atoms with van der Waals surface area (Å²) in [6.07, 6.45) is 6.32. The topological polar surface area (TPSA) is 104 Å². The number of rotatable bonds is 6. The van der Waals surface area contributed by atoms with Gasteiger partial charge < -0.3 is 24.3 Å². The first-order chi connectivity index (χ1) is 14.2. The van der Waals surface area contributed by atoms with Crippen LogP contribution >= 0.6 is 11.6 Å². The van der Waals surface area contributed by atoms with E-state index >= 15 is 0 Å². The van der Waals surface area contributed by atoms with Gasteiger partial charge in [-0.3, -0.25) is 0 Å². The Kier molecular flexibility index (Phi) is 4.33. The van der Waals surface area contributed by atoms with Gasteiger partial charge in [0.05, 0.1) is 40.6 Å². The highest BCUT2D eigenvalue weighted by atomic mass is 35.5. The molecule has 0 atom stereocenters. The van der Waals surface area contributed by atoms with Gasteiger partial charge in [-0.05, 0) is 36.8 Å². The number of halogens is 1. The number of aromatic nitrogens is 6. The molecule has 29 heavy (non-hydrogen) atoms. The summed E-state index contributed by atoms with van der Waals surface area (Å²) in [6.45, 7) is 1.38. The van der Waals surface area contributed by atoms with E-state index in [2.05, 4.69) is 24.9 Å². The monoisotopic (exact) mass is 408 g/mol. The molecule has 8 nitrogen and oxygen atoms in total. The third-order valence-corrected chi connectivity index (χ3v) is 4.93. The minimum Gasteiger partial charge on any atom is -0.493 e. The Labute approximate surface area is 169 Å². The van der Waals surface area contributed by atoms with Gasteiger partial charge in [0.2, 0.25) is 0 Å². The van der Waals surface area contributed by atoms with Crippen LogP contribution in [-0.2, 0) is 6.54 Å². The van der Waals surface area contributed by atoms with Crippen molar-refractivity contribution < 1.29 is 4.74 Å². The fraction of sp³-hybridized carbons (Fsp3) is 0.150. The van der Waals surface area contributed by atoms with Gasteiger partial charge in [-0.2, -0.15) is 0 Å². The van der Waals surface area contributed by atoms with Crippen LogP contribution in [0.2, 0.25) is 5.02 Å². The van der Waals surface area contributed by atoms with Gasteiger partial charge in [-0.1, -0.05) is 11.6 Å². The van der Waals surface area contributed by atoms with Gasteiger partial charge in [-0.15, -0.1) is 0 Å². The van der Waals surface area contributed by atoms with E-state index in [-0.39, 0.29) is 5.69 Å². The van der Waals surface area contributed by atoms with Crippen LogP contribution in [0.1, 0.15) is 6.42 Å². The minimum atomic E-state index is -0.242. The summed E-state index contributed by atoms with van der Waals surface area (Å²) >= 11 is 6.23. The highest BCUT2D eigenvalue weighted by molar-refractivity contribution is 6.31. The molecule has 0 spiro atoms. The highest BCUT2D eigenvalue weighted by Crippen LogP contribution is 2.33. The molecule has 0 aliphatic heterocycles. The van der Waals surface area contributed by atoms with E-state index < -0.39 is 0 Å². The van der Waals surface area contributed by atoms with E-state index in [4.69, 9.17) is 16.3 Å². The number of ether oxygens (including phenoxy) is 1. The van der Waals surface area contributed by atoms with Crippen LogP contribution in [0.4, 0.5) is 0 Å². The van der Waals surface area contributed by atoms with Crippen molar-refractivity contribution in [1.29, 1.82) is 0 Å². The number of hydrogen-bond donors (Lipinski definition) is 3. The first kappa shape index (κ1) is 17.6. The van der Waals surface area contributed by atoms with Crippen molar-refractivity contribution in [1.82, 2.24) is 29.5 Å². The van der Waals surface area contributed by atoms with Gasteiger partial charge >= 0.3 is 5.69 Å². The first-order valence-electron chi connectivity index (χ1n) is 9.16. The maximum Gasteiger partial charge on any atom is 0.323 e. The molecule has 146 valence electrons. The molecule has 0 fully saturated rings. The predicted molar refractivity (Wildman–Crippen MR) is 111 cm³/mol. The summed E-state index contributed by atoms with van der Waals surface area (Å²) in [5.74, 6) is 1.36. The Morgan fingerprint density at radius 1 is 1.07 bits per heavy atom. The molecule has 0 saturated heterocycles. The van der Waals surface area contributed by atoms with Gasteiger partial charge in [0.25, 0.3) is 0 Å².